The number of H-pyrrole nitrogens is 1. The molecule has 1 aromatic carbocycles. The van der Waals surface area contributed by atoms with Crippen molar-refractivity contribution >= 4 is 27.7 Å². The molecule has 1 N–H and O–H groups in total. The van der Waals surface area contributed by atoms with E-state index in [1.54, 1.807) is 13.3 Å². The van der Waals surface area contributed by atoms with Crippen LogP contribution in [0.1, 0.15) is 41.6 Å². The minimum absolute atomic E-state index is 0.0704. The smallest absolute Gasteiger partial charge is 0.259 e. The minimum atomic E-state index is -0.125. The molecule has 0 unspecified atom stereocenters. The van der Waals surface area contributed by atoms with Crippen molar-refractivity contribution in [3.8, 4) is 0 Å². The van der Waals surface area contributed by atoms with E-state index in [-0.39, 0.29) is 11.5 Å². The number of fused-ring (bicyclic) bond motifs is 3. The number of nitrogens with zero attached hydrogens (tertiary/aromatic N) is 4. The summed E-state index contributed by atoms with van der Waals surface area (Å²) >= 11 is 0. The van der Waals surface area contributed by atoms with Crippen LogP contribution in [0.2, 0.25) is 0 Å². The third kappa shape index (κ3) is 4.54. The van der Waals surface area contributed by atoms with Gasteiger partial charge in [0.1, 0.15) is 0 Å². The Morgan fingerprint density at radius 3 is 2.67 bits per heavy atom. The molecule has 8 heteroatoms. The fraction of sp³-hybridized carbons (Fsp3) is 0.560. The second-order valence-corrected chi connectivity index (χ2v) is 9.53. The van der Waals surface area contributed by atoms with Crippen molar-refractivity contribution < 1.29 is 9.53 Å². The van der Waals surface area contributed by atoms with E-state index in [1.165, 1.54) is 12.8 Å². The Kier molecular flexibility index (Phi) is 6.21. The van der Waals surface area contributed by atoms with Crippen molar-refractivity contribution in [3.05, 3.63) is 39.8 Å². The number of aromatic nitrogens is 3. The summed E-state index contributed by atoms with van der Waals surface area (Å²) < 4.78 is 7.09. The molecule has 0 radical (unpaired) electrons. The zero-order valence-electron chi connectivity index (χ0n) is 19.6. The molecule has 0 atom stereocenters. The number of hydrogen-bond donors (Lipinski definition) is 1. The average molecular weight is 452 g/mol. The van der Waals surface area contributed by atoms with Gasteiger partial charge in [0.15, 0.2) is 0 Å². The molecule has 2 aliphatic rings. The lowest BCUT2D eigenvalue weighted by atomic mass is 10.0. The molecule has 0 spiro atoms. The van der Waals surface area contributed by atoms with Crippen LogP contribution in [0.4, 0.5) is 0 Å². The third-order valence-electron chi connectivity index (χ3n) is 7.04. The first-order chi connectivity index (χ1) is 16.0. The molecule has 33 heavy (non-hydrogen) atoms. The first kappa shape index (κ1) is 22.1. The van der Waals surface area contributed by atoms with Crippen LogP contribution >= 0.6 is 0 Å². The number of methoxy groups -OCH3 is 1. The van der Waals surface area contributed by atoms with Crippen LogP contribution in [0.25, 0.3) is 21.8 Å². The molecular formula is C25H33N5O3. The van der Waals surface area contributed by atoms with E-state index >= 15 is 0 Å². The third-order valence-corrected chi connectivity index (χ3v) is 7.04. The molecule has 2 aromatic heterocycles. The molecule has 8 nitrogen and oxygen atoms in total. The topological polar surface area (TPSA) is 83.5 Å². The highest BCUT2D eigenvalue weighted by Gasteiger charge is 2.26. The zero-order chi connectivity index (χ0) is 22.9. The molecule has 3 aromatic rings. The van der Waals surface area contributed by atoms with Crippen LogP contribution in [0.15, 0.2) is 23.1 Å². The zero-order valence-corrected chi connectivity index (χ0v) is 19.6. The molecule has 1 amide bonds. The lowest BCUT2D eigenvalue weighted by molar-refractivity contribution is 0.0632. The number of amides is 1. The Balaban J connectivity index is 1.39. The van der Waals surface area contributed by atoms with Crippen LogP contribution in [-0.4, -0.2) is 76.9 Å². The van der Waals surface area contributed by atoms with Crippen LogP contribution in [-0.2, 0) is 11.3 Å². The number of hydrogen-bond acceptors (Lipinski definition) is 5. The normalized spacial score (nSPS) is 17.3. The minimum Gasteiger partial charge on any atom is -0.385 e. The van der Waals surface area contributed by atoms with Crippen molar-refractivity contribution in [3.63, 3.8) is 0 Å². The number of pyridine rings is 1. The summed E-state index contributed by atoms with van der Waals surface area (Å²) in [6.45, 7) is 7.90. The van der Waals surface area contributed by atoms with Gasteiger partial charge >= 0.3 is 0 Å². The summed E-state index contributed by atoms with van der Waals surface area (Å²) in [5.74, 6) is 0.709. The van der Waals surface area contributed by atoms with E-state index in [4.69, 9.17) is 4.74 Å². The van der Waals surface area contributed by atoms with Crippen LogP contribution in [0, 0.1) is 12.8 Å². The molecule has 1 aliphatic carbocycles. The maximum atomic E-state index is 13.5. The Hall–Kier alpha value is -2.71. The monoisotopic (exact) mass is 451 g/mol. The SMILES string of the molecule is COCCCCN1CCN(C(=O)c2cc3c(cc2C)[nH]c(=O)c2cnn(CC4CC4)c23)CC1. The summed E-state index contributed by atoms with van der Waals surface area (Å²) in [5.41, 5.74) is 3.08. The molecular weight excluding hydrogens is 418 g/mol. The predicted molar refractivity (Wildman–Crippen MR) is 129 cm³/mol. The van der Waals surface area contributed by atoms with Gasteiger partial charge in [-0.15, -0.1) is 0 Å². The number of aryl methyl sites for hydroxylation is 1. The van der Waals surface area contributed by atoms with Gasteiger partial charge in [-0.2, -0.15) is 5.10 Å². The molecule has 5 rings (SSSR count). The molecule has 2 fully saturated rings. The van der Waals surface area contributed by atoms with Crippen molar-refractivity contribution in [1.29, 1.82) is 0 Å². The number of benzene rings is 1. The quantitative estimate of drug-likeness (QED) is 0.533. The lowest BCUT2D eigenvalue weighted by Crippen LogP contribution is -2.49. The maximum absolute atomic E-state index is 13.5. The number of nitrogens with one attached hydrogen (secondary N) is 1. The van der Waals surface area contributed by atoms with Crippen molar-refractivity contribution in [2.45, 2.75) is 39.2 Å². The largest absolute Gasteiger partial charge is 0.385 e. The summed E-state index contributed by atoms with van der Waals surface area (Å²) in [4.78, 5) is 33.5. The highest BCUT2D eigenvalue weighted by Crippen LogP contribution is 2.33. The Morgan fingerprint density at radius 1 is 1.15 bits per heavy atom. The number of carbonyl (C=O) groups excluding carboxylic acids is 1. The highest BCUT2D eigenvalue weighted by molar-refractivity contribution is 6.07. The van der Waals surface area contributed by atoms with E-state index in [9.17, 15) is 9.59 Å². The Labute approximate surface area is 193 Å². The van der Waals surface area contributed by atoms with Gasteiger partial charge in [0.25, 0.3) is 11.5 Å². The van der Waals surface area contributed by atoms with Gasteiger partial charge in [-0.1, -0.05) is 0 Å². The molecule has 176 valence electrons. The van der Waals surface area contributed by atoms with Crippen LogP contribution in [0.3, 0.4) is 0 Å². The van der Waals surface area contributed by atoms with Gasteiger partial charge in [-0.25, -0.2) is 0 Å². The molecule has 1 saturated heterocycles. The van der Waals surface area contributed by atoms with Gasteiger partial charge in [-0.05, 0) is 62.8 Å². The van der Waals surface area contributed by atoms with Crippen molar-refractivity contribution in [2.24, 2.45) is 5.92 Å². The summed E-state index contributed by atoms with van der Waals surface area (Å²) in [7, 11) is 1.74. The number of unbranched alkanes of at least 4 members (excludes halogenated alkanes) is 1. The number of piperazine rings is 1. The second-order valence-electron chi connectivity index (χ2n) is 9.53. The van der Waals surface area contributed by atoms with Gasteiger partial charge in [-0.3, -0.25) is 19.2 Å². The van der Waals surface area contributed by atoms with E-state index < -0.39 is 0 Å². The van der Waals surface area contributed by atoms with Crippen LogP contribution < -0.4 is 5.56 Å². The number of aromatic amines is 1. The van der Waals surface area contributed by atoms with Gasteiger partial charge in [0.2, 0.25) is 0 Å². The summed E-state index contributed by atoms with van der Waals surface area (Å²) in [6.07, 6.45) is 6.27. The predicted octanol–water partition coefficient (Wildman–Crippen LogP) is 2.78. The standard InChI is InChI=1S/C25H33N5O3/c1-17-13-22-20(23-21(24(31)27-22)15-26-30(23)16-18-5-6-18)14-19(17)25(32)29-10-8-28(9-11-29)7-3-4-12-33-2/h13-15,18H,3-12,16H2,1-2H3,(H,27,31). The first-order valence-corrected chi connectivity index (χ1v) is 12.1. The Morgan fingerprint density at radius 2 is 1.94 bits per heavy atom. The van der Waals surface area contributed by atoms with Crippen LogP contribution in [0.5, 0.6) is 0 Å². The lowest BCUT2D eigenvalue weighted by Gasteiger charge is -2.35. The average Bonchev–Trinajstić information content (AvgIpc) is 3.53. The summed E-state index contributed by atoms with van der Waals surface area (Å²) in [6, 6.07) is 3.90. The van der Waals surface area contributed by atoms with E-state index in [0.29, 0.717) is 16.9 Å². The van der Waals surface area contributed by atoms with Crippen molar-refractivity contribution in [2.75, 3.05) is 46.4 Å². The number of rotatable bonds is 8. The summed E-state index contributed by atoms with van der Waals surface area (Å²) in [5, 5.41) is 5.99. The number of carbonyl (C=O) groups is 1. The van der Waals surface area contributed by atoms with Gasteiger partial charge in [0, 0.05) is 57.4 Å². The molecule has 0 bridgehead atoms. The number of ether oxygens (including phenoxy) is 1. The van der Waals surface area contributed by atoms with E-state index in [0.717, 1.165) is 80.7 Å². The fourth-order valence-corrected chi connectivity index (χ4v) is 4.87. The molecule has 1 aliphatic heterocycles. The molecule has 1 saturated carbocycles. The fourth-order valence-electron chi connectivity index (χ4n) is 4.87. The Bertz CT molecular complexity index is 1220. The van der Waals surface area contributed by atoms with Gasteiger partial charge in [0.05, 0.1) is 22.6 Å². The second kappa shape index (κ2) is 9.27. The van der Waals surface area contributed by atoms with Gasteiger partial charge < -0.3 is 14.6 Å². The van der Waals surface area contributed by atoms with E-state index in [1.807, 2.05) is 28.6 Å². The van der Waals surface area contributed by atoms with Crippen molar-refractivity contribution in [1.82, 2.24) is 24.6 Å². The highest BCUT2D eigenvalue weighted by atomic mass is 16.5. The maximum Gasteiger partial charge on any atom is 0.259 e. The van der Waals surface area contributed by atoms with E-state index in [2.05, 4.69) is 15.0 Å². The first-order valence-electron chi connectivity index (χ1n) is 12.1. The molecule has 3 heterocycles.